The molecule has 1 aliphatic rings. The van der Waals surface area contributed by atoms with Crippen LogP contribution in [0.2, 0.25) is 0 Å². The average Bonchev–Trinajstić information content (AvgIpc) is 2.91. The summed E-state index contributed by atoms with van der Waals surface area (Å²) in [5, 5.41) is 3.42. The number of carbonyl (C=O) groups excluding carboxylic acids is 3. The van der Waals surface area contributed by atoms with Crippen molar-refractivity contribution in [2.45, 2.75) is 13.0 Å². The molecule has 0 saturated heterocycles. The lowest BCUT2D eigenvalue weighted by molar-refractivity contribution is -0.119. The van der Waals surface area contributed by atoms with Crippen LogP contribution in [0.15, 0.2) is 78.9 Å². The van der Waals surface area contributed by atoms with Crippen LogP contribution >= 0.6 is 0 Å². The summed E-state index contributed by atoms with van der Waals surface area (Å²) in [6, 6.07) is 23.1. The van der Waals surface area contributed by atoms with Crippen LogP contribution < -0.4 is 5.32 Å². The maximum atomic E-state index is 13.3. The fraction of sp³-hybridized carbons (Fsp3) is 0.172. The smallest absolute Gasteiger partial charge is 0.339 e. The lowest BCUT2D eigenvalue weighted by atomic mass is 9.96. The fourth-order valence-electron chi connectivity index (χ4n) is 4.48. The van der Waals surface area contributed by atoms with Crippen molar-refractivity contribution in [1.29, 1.82) is 0 Å². The summed E-state index contributed by atoms with van der Waals surface area (Å²) in [4.78, 5) is 45.8. The van der Waals surface area contributed by atoms with Crippen molar-refractivity contribution in [1.82, 2.24) is 9.88 Å². The zero-order valence-electron chi connectivity index (χ0n) is 19.9. The molecule has 4 aromatic rings. The van der Waals surface area contributed by atoms with Gasteiger partial charge in [0.05, 0.1) is 16.8 Å². The molecular weight excluding hydrogens is 454 g/mol. The van der Waals surface area contributed by atoms with Crippen molar-refractivity contribution in [2.24, 2.45) is 0 Å². The van der Waals surface area contributed by atoms with Crippen LogP contribution in [0.1, 0.15) is 37.5 Å². The van der Waals surface area contributed by atoms with E-state index < -0.39 is 18.5 Å². The molecule has 1 aromatic heterocycles. The Hall–Kier alpha value is -4.36. The largest absolute Gasteiger partial charge is 0.452 e. The number of aromatic nitrogens is 1. The van der Waals surface area contributed by atoms with Gasteiger partial charge in [0.1, 0.15) is 0 Å². The molecule has 0 atom stereocenters. The summed E-state index contributed by atoms with van der Waals surface area (Å²) in [6.45, 7) is 0.961. The molecule has 7 nitrogen and oxygen atoms in total. The fourth-order valence-corrected chi connectivity index (χ4v) is 4.48. The third-order valence-electron chi connectivity index (χ3n) is 6.26. The Balaban J connectivity index is 1.34. The van der Waals surface area contributed by atoms with E-state index in [2.05, 4.69) is 10.2 Å². The number of hydrogen-bond donors (Lipinski definition) is 1. The number of hydrogen-bond acceptors (Lipinski definition) is 6. The van der Waals surface area contributed by atoms with Crippen molar-refractivity contribution < 1.29 is 19.1 Å². The molecule has 0 bridgehead atoms. The number of carbonyl (C=O) groups is 3. The zero-order chi connectivity index (χ0) is 25.1. The second kappa shape index (κ2) is 10.1. The van der Waals surface area contributed by atoms with Crippen LogP contribution in [0.25, 0.3) is 10.9 Å². The number of likely N-dealkylation sites (N-methyl/N-ethyl adjacent to an activating group) is 1. The molecule has 36 heavy (non-hydrogen) atoms. The van der Waals surface area contributed by atoms with Crippen LogP contribution in [0.4, 0.5) is 5.69 Å². The molecule has 180 valence electrons. The minimum absolute atomic E-state index is 0.206. The van der Waals surface area contributed by atoms with E-state index in [0.717, 1.165) is 29.7 Å². The van der Waals surface area contributed by atoms with Gasteiger partial charge in [0.25, 0.3) is 5.91 Å². The minimum atomic E-state index is -0.566. The first kappa shape index (κ1) is 23.4. The van der Waals surface area contributed by atoms with E-state index in [-0.39, 0.29) is 5.78 Å². The normalized spacial score (nSPS) is 13.1. The number of para-hydroxylation sites is 2. The zero-order valence-corrected chi connectivity index (χ0v) is 19.9. The summed E-state index contributed by atoms with van der Waals surface area (Å²) in [7, 11) is 1.99. The monoisotopic (exact) mass is 479 g/mol. The van der Waals surface area contributed by atoms with Gasteiger partial charge < -0.3 is 15.0 Å². The highest BCUT2D eigenvalue weighted by molar-refractivity contribution is 6.14. The van der Waals surface area contributed by atoms with Crippen LogP contribution in [0.5, 0.6) is 0 Å². The summed E-state index contributed by atoms with van der Waals surface area (Å²) >= 11 is 0. The highest BCUT2D eigenvalue weighted by Crippen LogP contribution is 2.28. The molecule has 5 rings (SSSR count). The second-order valence-corrected chi connectivity index (χ2v) is 8.78. The van der Waals surface area contributed by atoms with Crippen molar-refractivity contribution in [2.75, 3.05) is 25.5 Å². The molecule has 7 heteroatoms. The van der Waals surface area contributed by atoms with E-state index in [1.807, 2.05) is 37.4 Å². The van der Waals surface area contributed by atoms with Gasteiger partial charge in [-0.1, -0.05) is 60.7 Å². The van der Waals surface area contributed by atoms with Crippen LogP contribution in [0.3, 0.4) is 0 Å². The standard InChI is InChI=1S/C29H25N3O4/c1-32-16-15-25-22(17-32)27(20-11-5-7-13-23(20)30-25)29(35)36-18-26(33)31-24-14-8-6-12-21(24)28(34)19-9-3-2-4-10-19/h2-14H,15-18H2,1H3,(H,31,33). The maximum absolute atomic E-state index is 13.3. The Labute approximate surface area is 208 Å². The average molecular weight is 480 g/mol. The van der Waals surface area contributed by atoms with Crippen molar-refractivity contribution in [3.05, 3.63) is 107 Å². The van der Waals surface area contributed by atoms with Gasteiger partial charge in [-0.25, -0.2) is 4.79 Å². The van der Waals surface area contributed by atoms with Gasteiger partial charge in [-0.2, -0.15) is 0 Å². The van der Waals surface area contributed by atoms with E-state index in [4.69, 9.17) is 9.72 Å². The van der Waals surface area contributed by atoms with Gasteiger partial charge in [-0.05, 0) is 25.2 Å². The lowest BCUT2D eigenvalue weighted by Gasteiger charge is -2.26. The van der Waals surface area contributed by atoms with E-state index >= 15 is 0 Å². The highest BCUT2D eigenvalue weighted by atomic mass is 16.5. The van der Waals surface area contributed by atoms with Gasteiger partial charge in [-0.3, -0.25) is 14.6 Å². The first-order chi connectivity index (χ1) is 17.5. The Morgan fingerprint density at radius 2 is 1.67 bits per heavy atom. The number of amides is 1. The van der Waals surface area contributed by atoms with E-state index in [0.29, 0.717) is 34.3 Å². The Morgan fingerprint density at radius 3 is 2.50 bits per heavy atom. The molecule has 1 amide bonds. The third-order valence-corrected chi connectivity index (χ3v) is 6.26. The number of esters is 1. The Kier molecular flexibility index (Phi) is 6.56. The number of benzene rings is 3. The number of ketones is 1. The first-order valence-corrected chi connectivity index (χ1v) is 11.8. The summed E-state index contributed by atoms with van der Waals surface area (Å²) < 4.78 is 5.47. The first-order valence-electron chi connectivity index (χ1n) is 11.8. The number of rotatable bonds is 6. The number of fused-ring (bicyclic) bond motifs is 2. The molecule has 1 N–H and O–H groups in total. The number of pyridine rings is 1. The molecule has 3 aromatic carbocycles. The minimum Gasteiger partial charge on any atom is -0.452 e. The van der Waals surface area contributed by atoms with E-state index in [9.17, 15) is 14.4 Å². The number of nitrogens with one attached hydrogen (secondary N) is 1. The van der Waals surface area contributed by atoms with Gasteiger partial charge in [0.2, 0.25) is 0 Å². The molecule has 2 heterocycles. The number of ether oxygens (including phenoxy) is 1. The summed E-state index contributed by atoms with van der Waals surface area (Å²) in [6.07, 6.45) is 0.740. The number of nitrogens with zero attached hydrogens (tertiary/aromatic N) is 2. The lowest BCUT2D eigenvalue weighted by Crippen LogP contribution is -2.30. The number of anilines is 1. The Morgan fingerprint density at radius 1 is 0.944 bits per heavy atom. The topological polar surface area (TPSA) is 88.6 Å². The molecule has 0 aliphatic carbocycles. The SMILES string of the molecule is CN1CCc2nc3ccccc3c(C(=O)OCC(=O)Nc3ccccc3C(=O)c3ccccc3)c2C1. The predicted molar refractivity (Wildman–Crippen MR) is 137 cm³/mol. The molecule has 0 unspecified atom stereocenters. The van der Waals surface area contributed by atoms with Crippen molar-refractivity contribution in [3.8, 4) is 0 Å². The molecule has 0 fully saturated rings. The molecular formula is C29H25N3O4. The second-order valence-electron chi connectivity index (χ2n) is 8.78. The van der Waals surface area contributed by atoms with E-state index in [1.54, 1.807) is 48.5 Å². The van der Waals surface area contributed by atoms with Crippen LogP contribution in [-0.4, -0.2) is 47.7 Å². The third kappa shape index (κ3) is 4.74. The molecule has 0 spiro atoms. The van der Waals surface area contributed by atoms with Crippen LogP contribution in [-0.2, 0) is 22.5 Å². The van der Waals surface area contributed by atoms with Gasteiger partial charge in [0, 0.05) is 47.3 Å². The Bertz CT molecular complexity index is 1470. The van der Waals surface area contributed by atoms with Crippen LogP contribution in [0, 0.1) is 0 Å². The quantitative estimate of drug-likeness (QED) is 0.329. The van der Waals surface area contributed by atoms with Crippen molar-refractivity contribution >= 4 is 34.3 Å². The van der Waals surface area contributed by atoms with E-state index in [1.165, 1.54) is 0 Å². The highest BCUT2D eigenvalue weighted by Gasteiger charge is 2.26. The molecule has 0 saturated carbocycles. The maximum Gasteiger partial charge on any atom is 0.339 e. The van der Waals surface area contributed by atoms with Crippen molar-refractivity contribution in [3.63, 3.8) is 0 Å². The molecule has 1 aliphatic heterocycles. The van der Waals surface area contributed by atoms with Gasteiger partial charge in [0.15, 0.2) is 12.4 Å². The molecule has 0 radical (unpaired) electrons. The summed E-state index contributed by atoms with van der Waals surface area (Å²) in [5.41, 5.74) is 4.15. The summed E-state index contributed by atoms with van der Waals surface area (Å²) in [5.74, 6) is -1.30. The van der Waals surface area contributed by atoms with Gasteiger partial charge in [-0.15, -0.1) is 0 Å². The van der Waals surface area contributed by atoms with Gasteiger partial charge >= 0.3 is 5.97 Å². The predicted octanol–water partition coefficient (Wildman–Crippen LogP) is 4.25.